The van der Waals surface area contributed by atoms with E-state index in [1.54, 1.807) is 0 Å². The van der Waals surface area contributed by atoms with Crippen LogP contribution in [-0.2, 0) is 9.59 Å². The van der Waals surface area contributed by atoms with E-state index in [4.69, 9.17) is 5.73 Å². The molecule has 1 rings (SSSR count). The molecule has 17 heavy (non-hydrogen) atoms. The number of nitrogens with two attached hydrogens (primary N) is 1. The van der Waals surface area contributed by atoms with Gasteiger partial charge >= 0.3 is 0 Å². The Kier molecular flexibility index (Phi) is 5.95. The monoisotopic (exact) mass is 304 g/mol. The van der Waals surface area contributed by atoms with Crippen LogP contribution in [0.5, 0.6) is 0 Å². The van der Waals surface area contributed by atoms with Gasteiger partial charge in [0, 0.05) is 24.3 Å². The Morgan fingerprint density at radius 3 is 2.65 bits per heavy atom. The highest BCUT2D eigenvalue weighted by Gasteiger charge is 2.30. The zero-order valence-electron chi connectivity index (χ0n) is 10.3. The maximum absolute atomic E-state index is 12.0. The van der Waals surface area contributed by atoms with Gasteiger partial charge in [-0.3, -0.25) is 9.59 Å². The Balaban J connectivity index is 2.48. The van der Waals surface area contributed by atoms with Crippen LogP contribution in [-0.4, -0.2) is 34.6 Å². The van der Waals surface area contributed by atoms with E-state index in [2.05, 4.69) is 15.9 Å². The number of amides is 2. The number of alkyl halides is 1. The Hall–Kier alpha value is -0.580. The molecular formula is C12H21BrN2O2. The molecule has 98 valence electrons. The SMILES string of the molecule is CC1CCC(C(N)=O)CN1C(=O)CCCCBr. The molecule has 1 saturated heterocycles. The van der Waals surface area contributed by atoms with E-state index >= 15 is 0 Å². The van der Waals surface area contributed by atoms with Crippen molar-refractivity contribution in [2.75, 3.05) is 11.9 Å². The average molecular weight is 305 g/mol. The lowest BCUT2D eigenvalue weighted by molar-refractivity contribution is -0.137. The van der Waals surface area contributed by atoms with E-state index in [9.17, 15) is 9.59 Å². The van der Waals surface area contributed by atoms with Crippen molar-refractivity contribution in [3.63, 3.8) is 0 Å². The van der Waals surface area contributed by atoms with Crippen molar-refractivity contribution in [1.29, 1.82) is 0 Å². The van der Waals surface area contributed by atoms with Crippen molar-refractivity contribution < 1.29 is 9.59 Å². The number of carbonyl (C=O) groups is 2. The van der Waals surface area contributed by atoms with Crippen LogP contribution >= 0.6 is 15.9 Å². The van der Waals surface area contributed by atoms with E-state index in [1.165, 1.54) is 0 Å². The van der Waals surface area contributed by atoms with Gasteiger partial charge < -0.3 is 10.6 Å². The third kappa shape index (κ3) is 4.30. The largest absolute Gasteiger partial charge is 0.369 e. The van der Waals surface area contributed by atoms with Crippen molar-refractivity contribution in [3.8, 4) is 0 Å². The number of hydrogen-bond donors (Lipinski definition) is 1. The summed E-state index contributed by atoms with van der Waals surface area (Å²) in [6.07, 6.45) is 4.16. The van der Waals surface area contributed by atoms with E-state index in [1.807, 2.05) is 11.8 Å². The van der Waals surface area contributed by atoms with Crippen molar-refractivity contribution in [1.82, 2.24) is 4.90 Å². The zero-order chi connectivity index (χ0) is 12.8. The van der Waals surface area contributed by atoms with Gasteiger partial charge in [0.15, 0.2) is 0 Å². The summed E-state index contributed by atoms with van der Waals surface area (Å²) in [7, 11) is 0. The number of carbonyl (C=O) groups excluding carboxylic acids is 2. The van der Waals surface area contributed by atoms with Crippen molar-refractivity contribution in [2.45, 2.75) is 45.1 Å². The number of nitrogens with zero attached hydrogens (tertiary/aromatic N) is 1. The molecule has 0 aromatic carbocycles. The molecule has 2 atom stereocenters. The highest BCUT2D eigenvalue weighted by molar-refractivity contribution is 9.09. The van der Waals surface area contributed by atoms with Crippen LogP contribution in [0.1, 0.15) is 39.0 Å². The number of likely N-dealkylation sites (tertiary alicyclic amines) is 1. The van der Waals surface area contributed by atoms with E-state index < -0.39 is 0 Å². The van der Waals surface area contributed by atoms with Crippen LogP contribution in [0.4, 0.5) is 0 Å². The number of unbranched alkanes of at least 4 members (excludes halogenated alkanes) is 1. The normalized spacial score (nSPS) is 24.7. The van der Waals surface area contributed by atoms with E-state index in [-0.39, 0.29) is 23.8 Å². The average Bonchev–Trinajstić information content (AvgIpc) is 2.29. The van der Waals surface area contributed by atoms with Gasteiger partial charge in [-0.25, -0.2) is 0 Å². The number of rotatable bonds is 5. The molecule has 2 N–H and O–H groups in total. The lowest BCUT2D eigenvalue weighted by Crippen LogP contribution is -2.48. The number of halogens is 1. The molecule has 1 fully saturated rings. The Bertz CT molecular complexity index is 284. The molecule has 0 aromatic heterocycles. The van der Waals surface area contributed by atoms with Crippen LogP contribution in [0, 0.1) is 5.92 Å². The van der Waals surface area contributed by atoms with Gasteiger partial charge in [-0.05, 0) is 32.6 Å². The Morgan fingerprint density at radius 1 is 1.35 bits per heavy atom. The summed E-state index contributed by atoms with van der Waals surface area (Å²) in [5, 5.41) is 0.930. The highest BCUT2D eigenvalue weighted by atomic mass is 79.9. The maximum Gasteiger partial charge on any atom is 0.222 e. The number of primary amides is 1. The molecule has 2 unspecified atom stereocenters. The first kappa shape index (κ1) is 14.5. The Morgan fingerprint density at radius 2 is 2.06 bits per heavy atom. The first-order valence-electron chi connectivity index (χ1n) is 6.21. The van der Waals surface area contributed by atoms with E-state index in [0.29, 0.717) is 13.0 Å². The van der Waals surface area contributed by atoms with Crippen LogP contribution < -0.4 is 5.73 Å². The third-order valence-electron chi connectivity index (χ3n) is 3.38. The topological polar surface area (TPSA) is 63.4 Å². The molecule has 1 heterocycles. The molecule has 2 amide bonds. The lowest BCUT2D eigenvalue weighted by Gasteiger charge is -2.37. The second-order valence-electron chi connectivity index (χ2n) is 4.72. The van der Waals surface area contributed by atoms with Crippen molar-refractivity contribution in [3.05, 3.63) is 0 Å². The molecule has 0 radical (unpaired) electrons. The van der Waals surface area contributed by atoms with Crippen LogP contribution in [0.2, 0.25) is 0 Å². The standard InChI is InChI=1S/C12H21BrN2O2/c1-9-5-6-10(12(14)17)8-15(9)11(16)4-2-3-7-13/h9-10H,2-8H2,1H3,(H2,14,17). The van der Waals surface area contributed by atoms with Gasteiger partial charge in [0.2, 0.25) is 11.8 Å². The minimum absolute atomic E-state index is 0.157. The second-order valence-corrected chi connectivity index (χ2v) is 5.51. The first-order valence-corrected chi connectivity index (χ1v) is 7.33. The molecular weight excluding hydrogens is 284 g/mol. The molecule has 5 heteroatoms. The minimum Gasteiger partial charge on any atom is -0.369 e. The molecule has 0 bridgehead atoms. The highest BCUT2D eigenvalue weighted by Crippen LogP contribution is 2.22. The molecule has 0 aliphatic carbocycles. The van der Waals surface area contributed by atoms with Crippen LogP contribution in [0.15, 0.2) is 0 Å². The van der Waals surface area contributed by atoms with Crippen LogP contribution in [0.3, 0.4) is 0 Å². The van der Waals surface area contributed by atoms with Gasteiger partial charge in [0.25, 0.3) is 0 Å². The zero-order valence-corrected chi connectivity index (χ0v) is 11.9. The van der Waals surface area contributed by atoms with Crippen molar-refractivity contribution in [2.24, 2.45) is 11.7 Å². The quantitative estimate of drug-likeness (QED) is 0.620. The fraction of sp³-hybridized carbons (Fsp3) is 0.833. The first-order chi connectivity index (χ1) is 8.06. The van der Waals surface area contributed by atoms with Crippen LogP contribution in [0.25, 0.3) is 0 Å². The maximum atomic E-state index is 12.0. The molecule has 0 saturated carbocycles. The summed E-state index contributed by atoms with van der Waals surface area (Å²) in [6, 6.07) is 0.238. The molecule has 1 aliphatic rings. The summed E-state index contributed by atoms with van der Waals surface area (Å²) in [6.45, 7) is 2.54. The Labute approximate surface area is 111 Å². The number of piperidine rings is 1. The lowest BCUT2D eigenvalue weighted by atomic mass is 9.92. The summed E-state index contributed by atoms with van der Waals surface area (Å²) in [5.74, 6) is -0.286. The van der Waals surface area contributed by atoms with Gasteiger partial charge in [-0.1, -0.05) is 15.9 Å². The minimum atomic E-state index is -0.282. The summed E-state index contributed by atoms with van der Waals surface area (Å²) >= 11 is 3.35. The fourth-order valence-corrected chi connectivity index (χ4v) is 2.60. The number of hydrogen-bond acceptors (Lipinski definition) is 2. The predicted molar refractivity (Wildman–Crippen MR) is 70.7 cm³/mol. The van der Waals surface area contributed by atoms with Gasteiger partial charge in [-0.15, -0.1) is 0 Å². The summed E-state index contributed by atoms with van der Waals surface area (Å²) < 4.78 is 0. The summed E-state index contributed by atoms with van der Waals surface area (Å²) in [4.78, 5) is 25.0. The van der Waals surface area contributed by atoms with Crippen molar-refractivity contribution >= 4 is 27.7 Å². The predicted octanol–water partition coefficient (Wildman–Crippen LogP) is 1.66. The van der Waals surface area contributed by atoms with E-state index in [0.717, 1.165) is 31.0 Å². The van der Waals surface area contributed by atoms with Gasteiger partial charge in [0.1, 0.15) is 0 Å². The van der Waals surface area contributed by atoms with Gasteiger partial charge in [0.05, 0.1) is 5.92 Å². The molecule has 0 aromatic rings. The third-order valence-corrected chi connectivity index (χ3v) is 3.94. The fourth-order valence-electron chi connectivity index (χ4n) is 2.20. The van der Waals surface area contributed by atoms with Gasteiger partial charge in [-0.2, -0.15) is 0 Å². The summed E-state index contributed by atoms with van der Waals surface area (Å²) in [5.41, 5.74) is 5.31. The molecule has 4 nitrogen and oxygen atoms in total. The molecule has 1 aliphatic heterocycles. The second kappa shape index (κ2) is 6.99. The molecule has 0 spiro atoms. The smallest absolute Gasteiger partial charge is 0.222 e.